The van der Waals surface area contributed by atoms with Crippen molar-refractivity contribution in [2.75, 3.05) is 7.05 Å². The number of ketones is 1. The molecule has 0 bridgehead atoms. The lowest BCUT2D eigenvalue weighted by Crippen LogP contribution is -2.46. The largest absolute Gasteiger partial charge is 0.291 e. The second-order valence-corrected chi connectivity index (χ2v) is 5.01. The Labute approximate surface area is 114 Å². The van der Waals surface area contributed by atoms with E-state index in [1.807, 2.05) is 0 Å². The Kier molecular flexibility index (Phi) is 3.17. The normalized spacial score (nSPS) is 23.2. The van der Waals surface area contributed by atoms with Crippen LogP contribution in [0.3, 0.4) is 0 Å². The van der Waals surface area contributed by atoms with Gasteiger partial charge in [0.1, 0.15) is 0 Å². The van der Waals surface area contributed by atoms with Gasteiger partial charge in [0, 0.05) is 17.6 Å². The highest BCUT2D eigenvalue weighted by Crippen LogP contribution is 2.30. The van der Waals surface area contributed by atoms with Gasteiger partial charge in [0.15, 0.2) is 5.78 Å². The second-order valence-electron chi connectivity index (χ2n) is 4.01. The number of amides is 1. The van der Waals surface area contributed by atoms with Gasteiger partial charge in [-0.15, -0.1) is 0 Å². The molecule has 2 rings (SSSR count). The molecule has 1 aromatic carbocycles. The van der Waals surface area contributed by atoms with E-state index in [0.717, 1.165) is 5.01 Å². The van der Waals surface area contributed by atoms with Crippen molar-refractivity contribution in [3.8, 4) is 0 Å². The number of nitrogens with zero attached hydrogens (tertiary/aromatic N) is 2. The number of carbonyl (C=O) groups is 2. The van der Waals surface area contributed by atoms with Gasteiger partial charge in [-0.2, -0.15) is 5.10 Å². The van der Waals surface area contributed by atoms with Crippen molar-refractivity contribution in [3.63, 3.8) is 0 Å². The molecule has 0 spiro atoms. The van der Waals surface area contributed by atoms with Crippen LogP contribution >= 0.6 is 23.2 Å². The zero-order valence-electron chi connectivity index (χ0n) is 9.78. The Balaban J connectivity index is 2.43. The first-order valence-corrected chi connectivity index (χ1v) is 5.96. The quantitative estimate of drug-likeness (QED) is 0.476. The number of hydrogen-bond acceptors (Lipinski definition) is 3. The van der Waals surface area contributed by atoms with E-state index in [2.05, 4.69) is 5.10 Å². The third-order valence-corrected chi connectivity index (χ3v) is 3.67. The maximum atomic E-state index is 12.3. The van der Waals surface area contributed by atoms with Crippen molar-refractivity contribution in [1.82, 2.24) is 5.01 Å². The van der Waals surface area contributed by atoms with Gasteiger partial charge >= 0.3 is 0 Å². The molecule has 0 N–H and O–H groups in total. The molecule has 6 heteroatoms. The molecule has 1 unspecified atom stereocenters. The maximum absolute atomic E-state index is 12.3. The minimum atomic E-state index is -1.73. The number of alkyl halides is 1. The molecule has 1 amide bonds. The Morgan fingerprint density at radius 2 is 1.89 bits per heavy atom. The Bertz CT molecular complexity index is 554. The van der Waals surface area contributed by atoms with Crippen LogP contribution in [-0.4, -0.2) is 34.3 Å². The summed E-state index contributed by atoms with van der Waals surface area (Å²) in [6.07, 6.45) is 0. The van der Waals surface area contributed by atoms with Crippen LogP contribution in [0.5, 0.6) is 0 Å². The Morgan fingerprint density at radius 1 is 1.33 bits per heavy atom. The molecule has 0 fully saturated rings. The summed E-state index contributed by atoms with van der Waals surface area (Å²) >= 11 is 11.9. The summed E-state index contributed by atoms with van der Waals surface area (Å²) < 4.78 is 0. The molecular formula is C12H10Cl2N2O2. The summed E-state index contributed by atoms with van der Waals surface area (Å²) in [7, 11) is 1.46. The number of halogens is 2. The van der Waals surface area contributed by atoms with Crippen molar-refractivity contribution in [2.24, 2.45) is 5.10 Å². The lowest BCUT2D eigenvalue weighted by Gasteiger charge is -2.18. The van der Waals surface area contributed by atoms with E-state index in [1.165, 1.54) is 19.2 Å². The van der Waals surface area contributed by atoms with Gasteiger partial charge in [0.05, 0.1) is 5.71 Å². The number of Topliss-reactive ketones (excluding diaryl/α,β-unsaturated/α-hetero) is 1. The fraction of sp³-hybridized carbons (Fsp3) is 0.250. The molecule has 94 valence electrons. The smallest absolute Gasteiger partial charge is 0.277 e. The zero-order chi connectivity index (χ0) is 13.5. The number of benzene rings is 1. The molecule has 0 aliphatic carbocycles. The minimum Gasteiger partial charge on any atom is -0.291 e. The first-order valence-electron chi connectivity index (χ1n) is 5.20. The predicted molar refractivity (Wildman–Crippen MR) is 70.2 cm³/mol. The molecule has 0 radical (unpaired) electrons. The molecule has 0 saturated heterocycles. The molecule has 1 aliphatic heterocycles. The predicted octanol–water partition coefficient (Wildman–Crippen LogP) is 2.35. The van der Waals surface area contributed by atoms with E-state index in [4.69, 9.17) is 23.2 Å². The zero-order valence-corrected chi connectivity index (χ0v) is 11.3. The third-order valence-electron chi connectivity index (χ3n) is 2.81. The Hall–Kier alpha value is -1.39. The van der Waals surface area contributed by atoms with Crippen LogP contribution in [0.4, 0.5) is 0 Å². The van der Waals surface area contributed by atoms with Gasteiger partial charge in [0.25, 0.3) is 5.91 Å². The van der Waals surface area contributed by atoms with Crippen molar-refractivity contribution < 1.29 is 9.59 Å². The van der Waals surface area contributed by atoms with E-state index in [9.17, 15) is 9.59 Å². The van der Waals surface area contributed by atoms with E-state index in [1.54, 1.807) is 19.1 Å². The number of hydrogen-bond donors (Lipinski definition) is 0. The summed E-state index contributed by atoms with van der Waals surface area (Å²) in [6.45, 7) is 1.56. The summed E-state index contributed by atoms with van der Waals surface area (Å²) in [6, 6.07) is 6.22. The van der Waals surface area contributed by atoms with Crippen molar-refractivity contribution in [3.05, 3.63) is 34.9 Å². The molecule has 1 atom stereocenters. The van der Waals surface area contributed by atoms with Crippen LogP contribution in [-0.2, 0) is 4.79 Å². The van der Waals surface area contributed by atoms with E-state index in [-0.39, 0.29) is 5.71 Å². The SMILES string of the molecule is CC1=NN(C)C(=O)C1(Cl)C(=O)c1ccc(Cl)cc1. The van der Waals surface area contributed by atoms with E-state index in [0.29, 0.717) is 10.6 Å². The van der Waals surface area contributed by atoms with Gasteiger partial charge in [-0.1, -0.05) is 23.2 Å². The topological polar surface area (TPSA) is 49.7 Å². The van der Waals surface area contributed by atoms with Crippen molar-refractivity contribution in [1.29, 1.82) is 0 Å². The summed E-state index contributed by atoms with van der Waals surface area (Å²) in [5.74, 6) is -1.03. The summed E-state index contributed by atoms with van der Waals surface area (Å²) in [5.41, 5.74) is 0.601. The molecule has 1 aromatic rings. The average Bonchev–Trinajstić information content (AvgIpc) is 2.54. The van der Waals surface area contributed by atoms with Crippen molar-refractivity contribution >= 4 is 40.6 Å². The summed E-state index contributed by atoms with van der Waals surface area (Å²) in [5, 5.41) is 5.50. The second kappa shape index (κ2) is 4.37. The number of hydrazone groups is 1. The van der Waals surface area contributed by atoms with Crippen LogP contribution in [0, 0.1) is 0 Å². The van der Waals surface area contributed by atoms with Crippen molar-refractivity contribution in [2.45, 2.75) is 11.8 Å². The first kappa shape index (κ1) is 13.1. The highest BCUT2D eigenvalue weighted by molar-refractivity contribution is 6.60. The molecular weight excluding hydrogens is 275 g/mol. The van der Waals surface area contributed by atoms with Crippen LogP contribution in [0.2, 0.25) is 5.02 Å². The van der Waals surface area contributed by atoms with Gasteiger partial charge < -0.3 is 0 Å². The molecule has 4 nitrogen and oxygen atoms in total. The highest BCUT2D eigenvalue weighted by Gasteiger charge is 2.53. The van der Waals surface area contributed by atoms with E-state index >= 15 is 0 Å². The molecule has 18 heavy (non-hydrogen) atoms. The average molecular weight is 285 g/mol. The maximum Gasteiger partial charge on any atom is 0.277 e. The Morgan fingerprint density at radius 3 is 2.33 bits per heavy atom. The molecule has 1 aliphatic rings. The van der Waals surface area contributed by atoms with Crippen LogP contribution in [0.1, 0.15) is 17.3 Å². The lowest BCUT2D eigenvalue weighted by molar-refractivity contribution is -0.128. The third kappa shape index (κ3) is 1.82. The fourth-order valence-electron chi connectivity index (χ4n) is 1.78. The lowest BCUT2D eigenvalue weighted by atomic mass is 9.93. The summed E-state index contributed by atoms with van der Waals surface area (Å²) in [4.78, 5) is 22.6. The first-order chi connectivity index (χ1) is 8.37. The monoisotopic (exact) mass is 284 g/mol. The van der Waals surface area contributed by atoms with Gasteiger partial charge in [-0.25, -0.2) is 5.01 Å². The standard InChI is InChI=1S/C12H10Cl2N2O2/c1-7-12(14,11(18)16(2)15-7)10(17)8-3-5-9(13)6-4-8/h3-6H,1-2H3. The molecule has 0 aromatic heterocycles. The van der Waals surface area contributed by atoms with Gasteiger partial charge in [-0.3, -0.25) is 9.59 Å². The number of carbonyl (C=O) groups excluding carboxylic acids is 2. The minimum absolute atomic E-state index is 0.275. The number of rotatable bonds is 2. The highest BCUT2D eigenvalue weighted by atomic mass is 35.5. The molecule has 0 saturated carbocycles. The van der Waals surface area contributed by atoms with Crippen LogP contribution in [0.15, 0.2) is 29.4 Å². The van der Waals surface area contributed by atoms with Gasteiger partial charge in [-0.05, 0) is 31.2 Å². The van der Waals surface area contributed by atoms with E-state index < -0.39 is 16.6 Å². The van der Waals surface area contributed by atoms with Crippen LogP contribution < -0.4 is 0 Å². The molecule has 1 heterocycles. The fourth-order valence-corrected chi connectivity index (χ4v) is 2.17. The van der Waals surface area contributed by atoms with Crippen LogP contribution in [0.25, 0.3) is 0 Å². The van der Waals surface area contributed by atoms with Gasteiger partial charge in [0.2, 0.25) is 4.87 Å².